The number of nitrogens with zero attached hydrogens (tertiary/aromatic N) is 2. The van der Waals surface area contributed by atoms with E-state index in [1.807, 2.05) is 0 Å². The van der Waals surface area contributed by atoms with Gasteiger partial charge >= 0.3 is 5.97 Å². The predicted octanol–water partition coefficient (Wildman–Crippen LogP) is 0.269. The summed E-state index contributed by atoms with van der Waals surface area (Å²) in [6.45, 7) is 0. The summed E-state index contributed by atoms with van der Waals surface area (Å²) in [6.07, 6.45) is 0. The molecule has 0 radical (unpaired) electrons. The van der Waals surface area contributed by atoms with Crippen LogP contribution in [0.5, 0.6) is 0 Å². The van der Waals surface area contributed by atoms with Crippen LogP contribution in [0.4, 0.5) is 5.82 Å². The lowest BCUT2D eigenvalue weighted by molar-refractivity contribution is 0.0696. The van der Waals surface area contributed by atoms with E-state index < -0.39 is 23.3 Å². The molecule has 0 spiro atoms. The largest absolute Gasteiger partial charge is 0.478 e. The molecule has 0 saturated carbocycles. The molecule has 0 fully saturated rings. The number of aromatic carboxylic acids is 1. The van der Waals surface area contributed by atoms with Crippen LogP contribution in [0.25, 0.3) is 0 Å². The monoisotopic (exact) mass is 285 g/mol. The molecule has 3 rings (SSSR count). The van der Waals surface area contributed by atoms with E-state index in [-0.39, 0.29) is 22.5 Å². The maximum atomic E-state index is 12.2. The Kier molecular flexibility index (Phi) is 2.65. The smallest absolute Gasteiger partial charge is 0.335 e. The third-order valence-electron chi connectivity index (χ3n) is 3.03. The highest BCUT2D eigenvalue weighted by Crippen LogP contribution is 2.27. The number of carboxylic acid groups (broad SMARTS) is 1. The topological polar surface area (TPSA) is 120 Å². The number of anilines is 1. The van der Waals surface area contributed by atoms with Gasteiger partial charge in [0.05, 0.1) is 16.7 Å². The van der Waals surface area contributed by atoms with Crippen LogP contribution >= 0.6 is 0 Å². The Morgan fingerprint density at radius 2 is 1.76 bits per heavy atom. The number of amides is 2. The summed E-state index contributed by atoms with van der Waals surface area (Å²) < 4.78 is 0. The molecule has 1 aliphatic heterocycles. The average molecular weight is 285 g/mol. The van der Waals surface area contributed by atoms with E-state index >= 15 is 0 Å². The highest BCUT2D eigenvalue weighted by Gasteiger charge is 2.38. The zero-order chi connectivity index (χ0) is 15.1. The van der Waals surface area contributed by atoms with Crippen molar-refractivity contribution in [1.82, 2.24) is 10.2 Å². The van der Waals surface area contributed by atoms with Gasteiger partial charge in [0.25, 0.3) is 17.4 Å². The maximum absolute atomic E-state index is 12.2. The second kappa shape index (κ2) is 4.37. The summed E-state index contributed by atoms with van der Waals surface area (Å²) in [5, 5.41) is 14.7. The summed E-state index contributed by atoms with van der Waals surface area (Å²) in [7, 11) is 0. The summed E-state index contributed by atoms with van der Waals surface area (Å²) >= 11 is 0. The Labute approximate surface area is 116 Å². The molecular weight excluding hydrogens is 278 g/mol. The molecule has 1 aromatic carbocycles. The first kappa shape index (κ1) is 12.7. The Bertz CT molecular complexity index is 835. The minimum atomic E-state index is -1.20. The van der Waals surface area contributed by atoms with Gasteiger partial charge in [-0.1, -0.05) is 0 Å². The molecule has 2 heterocycles. The second-order valence-electron chi connectivity index (χ2n) is 4.29. The van der Waals surface area contributed by atoms with Gasteiger partial charge in [-0.2, -0.15) is 5.10 Å². The number of hydrogen-bond acceptors (Lipinski definition) is 5. The highest BCUT2D eigenvalue weighted by atomic mass is 16.4. The van der Waals surface area contributed by atoms with Gasteiger partial charge in [-0.05, 0) is 24.3 Å². The van der Waals surface area contributed by atoms with Crippen molar-refractivity contribution in [2.45, 2.75) is 0 Å². The molecule has 2 amide bonds. The van der Waals surface area contributed by atoms with Crippen LogP contribution in [0.3, 0.4) is 0 Å². The molecule has 0 aliphatic carbocycles. The van der Waals surface area contributed by atoms with Crippen molar-refractivity contribution in [2.75, 3.05) is 4.90 Å². The van der Waals surface area contributed by atoms with Crippen LogP contribution in [0.15, 0.2) is 35.1 Å². The number of fused-ring (bicyclic) bond motifs is 1. The van der Waals surface area contributed by atoms with Gasteiger partial charge in [0.2, 0.25) is 0 Å². The summed E-state index contributed by atoms with van der Waals surface area (Å²) in [6, 6.07) is 6.04. The fourth-order valence-corrected chi connectivity index (χ4v) is 2.04. The van der Waals surface area contributed by atoms with Crippen LogP contribution in [0.1, 0.15) is 31.1 Å². The van der Waals surface area contributed by atoms with Crippen LogP contribution in [-0.2, 0) is 0 Å². The molecule has 104 valence electrons. The van der Waals surface area contributed by atoms with E-state index in [1.165, 1.54) is 18.2 Å². The standard InChI is InChI=1S/C13H7N3O5/c17-10-4-3-9(14-15-10)16-11(18)7-2-1-6(13(20)21)5-8(7)12(16)19/h1-5H,(H,15,17)(H,20,21). The molecule has 8 nitrogen and oxygen atoms in total. The molecule has 1 aromatic heterocycles. The molecule has 2 aromatic rings. The van der Waals surface area contributed by atoms with Gasteiger partial charge in [-0.25, -0.2) is 14.8 Å². The van der Waals surface area contributed by atoms with Gasteiger partial charge in [0.15, 0.2) is 5.82 Å². The number of carbonyl (C=O) groups is 3. The normalized spacial score (nSPS) is 13.4. The number of aromatic amines is 1. The third-order valence-corrected chi connectivity index (χ3v) is 3.03. The molecule has 8 heteroatoms. The van der Waals surface area contributed by atoms with Gasteiger partial charge in [0, 0.05) is 6.07 Å². The maximum Gasteiger partial charge on any atom is 0.335 e. The van der Waals surface area contributed by atoms with Crippen molar-refractivity contribution >= 4 is 23.6 Å². The molecule has 0 saturated heterocycles. The van der Waals surface area contributed by atoms with Crippen molar-refractivity contribution in [3.63, 3.8) is 0 Å². The molecule has 0 unspecified atom stereocenters. The number of nitrogens with one attached hydrogen (secondary N) is 1. The van der Waals surface area contributed by atoms with Gasteiger partial charge < -0.3 is 5.11 Å². The minimum absolute atomic E-state index is 0.00657. The number of hydrogen-bond donors (Lipinski definition) is 2. The van der Waals surface area contributed by atoms with E-state index in [9.17, 15) is 19.2 Å². The number of carbonyl (C=O) groups excluding carboxylic acids is 2. The number of H-pyrrole nitrogens is 1. The number of benzene rings is 1. The van der Waals surface area contributed by atoms with Crippen molar-refractivity contribution in [2.24, 2.45) is 0 Å². The van der Waals surface area contributed by atoms with Gasteiger partial charge in [-0.15, -0.1) is 0 Å². The number of imide groups is 1. The quantitative estimate of drug-likeness (QED) is 0.764. The Morgan fingerprint density at radius 1 is 1.05 bits per heavy atom. The van der Waals surface area contributed by atoms with Crippen molar-refractivity contribution in [3.05, 3.63) is 57.4 Å². The summed E-state index contributed by atoms with van der Waals surface area (Å²) in [5.74, 6) is -2.53. The minimum Gasteiger partial charge on any atom is -0.478 e. The molecule has 21 heavy (non-hydrogen) atoms. The number of aromatic nitrogens is 2. The second-order valence-corrected chi connectivity index (χ2v) is 4.29. The Morgan fingerprint density at radius 3 is 2.38 bits per heavy atom. The van der Waals surface area contributed by atoms with E-state index in [0.29, 0.717) is 0 Å². The molecule has 2 N–H and O–H groups in total. The summed E-state index contributed by atoms with van der Waals surface area (Å²) in [5.41, 5.74) is -0.472. The lowest BCUT2D eigenvalue weighted by atomic mass is 10.1. The van der Waals surface area contributed by atoms with Gasteiger partial charge in [-0.3, -0.25) is 14.4 Å². The van der Waals surface area contributed by atoms with E-state index in [4.69, 9.17) is 5.11 Å². The fourth-order valence-electron chi connectivity index (χ4n) is 2.04. The first-order valence-corrected chi connectivity index (χ1v) is 5.81. The van der Waals surface area contributed by atoms with E-state index in [2.05, 4.69) is 10.2 Å². The van der Waals surface area contributed by atoms with Crippen molar-refractivity contribution in [1.29, 1.82) is 0 Å². The predicted molar refractivity (Wildman–Crippen MR) is 69.4 cm³/mol. The number of rotatable bonds is 2. The summed E-state index contributed by atoms with van der Waals surface area (Å²) in [4.78, 5) is 47.1. The lowest BCUT2D eigenvalue weighted by Crippen LogP contribution is -2.31. The first-order valence-electron chi connectivity index (χ1n) is 5.81. The molecule has 0 bridgehead atoms. The lowest BCUT2D eigenvalue weighted by Gasteiger charge is -2.10. The van der Waals surface area contributed by atoms with Crippen LogP contribution in [0.2, 0.25) is 0 Å². The zero-order valence-electron chi connectivity index (χ0n) is 10.4. The molecule has 0 atom stereocenters. The van der Waals surface area contributed by atoms with Crippen LogP contribution in [-0.4, -0.2) is 33.1 Å². The molecule has 1 aliphatic rings. The number of carboxylic acids is 1. The van der Waals surface area contributed by atoms with Crippen molar-refractivity contribution < 1.29 is 19.5 Å². The Hall–Kier alpha value is -3.29. The highest BCUT2D eigenvalue weighted by molar-refractivity contribution is 6.34. The van der Waals surface area contributed by atoms with E-state index in [0.717, 1.165) is 17.0 Å². The Balaban J connectivity index is 2.10. The fraction of sp³-hybridized carbons (Fsp3) is 0. The molecular formula is C13H7N3O5. The third kappa shape index (κ3) is 1.89. The van der Waals surface area contributed by atoms with Crippen LogP contribution < -0.4 is 10.5 Å². The van der Waals surface area contributed by atoms with Gasteiger partial charge in [0.1, 0.15) is 0 Å². The van der Waals surface area contributed by atoms with Crippen LogP contribution in [0, 0.1) is 0 Å². The zero-order valence-corrected chi connectivity index (χ0v) is 10.4. The average Bonchev–Trinajstić information content (AvgIpc) is 2.72. The SMILES string of the molecule is O=C(O)c1ccc2c(c1)C(=O)N(c1ccc(=O)[nH]n1)C2=O. The van der Waals surface area contributed by atoms with Crippen molar-refractivity contribution in [3.8, 4) is 0 Å². The van der Waals surface area contributed by atoms with E-state index in [1.54, 1.807) is 0 Å². The first-order chi connectivity index (χ1) is 9.99.